The summed E-state index contributed by atoms with van der Waals surface area (Å²) in [5.41, 5.74) is 0.150. The van der Waals surface area contributed by atoms with E-state index in [2.05, 4.69) is 17.9 Å². The van der Waals surface area contributed by atoms with Gasteiger partial charge in [0.25, 0.3) is 0 Å². The molecule has 128 valence electrons. The maximum absolute atomic E-state index is 11.2. The summed E-state index contributed by atoms with van der Waals surface area (Å²) in [6.07, 6.45) is -4.06. The van der Waals surface area contributed by atoms with Gasteiger partial charge in [-0.1, -0.05) is 13.2 Å². The Balaban J connectivity index is 0. The SMILES string of the molecule is C=C(C)C(=O)OC(F)(F)F.C=C(C)C(=O)OCCC(C)OC. The molecule has 0 fully saturated rings. The zero-order valence-corrected chi connectivity index (χ0v) is 13.1. The average molecular weight is 326 g/mol. The van der Waals surface area contributed by atoms with E-state index in [4.69, 9.17) is 9.47 Å². The van der Waals surface area contributed by atoms with Crippen molar-refractivity contribution in [2.24, 2.45) is 0 Å². The summed E-state index contributed by atoms with van der Waals surface area (Å²) in [6.45, 7) is 11.5. The van der Waals surface area contributed by atoms with Gasteiger partial charge in [-0.3, -0.25) is 0 Å². The van der Waals surface area contributed by atoms with Gasteiger partial charge in [0.2, 0.25) is 0 Å². The van der Waals surface area contributed by atoms with Crippen LogP contribution in [0.4, 0.5) is 13.2 Å². The summed E-state index contributed by atoms with van der Waals surface area (Å²) < 4.78 is 46.3. The summed E-state index contributed by atoms with van der Waals surface area (Å²) in [4.78, 5) is 21.0. The van der Waals surface area contributed by atoms with Crippen LogP contribution in [0.3, 0.4) is 0 Å². The number of carbonyl (C=O) groups is 2. The van der Waals surface area contributed by atoms with Gasteiger partial charge in [-0.25, -0.2) is 9.59 Å². The maximum Gasteiger partial charge on any atom is 0.575 e. The van der Waals surface area contributed by atoms with Crippen molar-refractivity contribution < 1.29 is 37.0 Å². The van der Waals surface area contributed by atoms with Crippen LogP contribution in [0.25, 0.3) is 0 Å². The summed E-state index contributed by atoms with van der Waals surface area (Å²) >= 11 is 0. The molecule has 0 aromatic carbocycles. The van der Waals surface area contributed by atoms with E-state index in [0.29, 0.717) is 12.2 Å². The van der Waals surface area contributed by atoms with E-state index in [9.17, 15) is 22.8 Å². The van der Waals surface area contributed by atoms with Gasteiger partial charge in [-0.15, -0.1) is 13.2 Å². The van der Waals surface area contributed by atoms with Crippen molar-refractivity contribution >= 4 is 11.9 Å². The van der Waals surface area contributed by atoms with Crippen LogP contribution >= 0.6 is 0 Å². The molecule has 0 bridgehead atoms. The first-order valence-corrected chi connectivity index (χ1v) is 6.21. The Hall–Kier alpha value is -1.83. The minimum atomic E-state index is -4.91. The van der Waals surface area contributed by atoms with E-state index in [-0.39, 0.29) is 17.6 Å². The second-order valence-electron chi connectivity index (χ2n) is 4.37. The van der Waals surface area contributed by atoms with E-state index in [1.54, 1.807) is 14.0 Å². The lowest BCUT2D eigenvalue weighted by atomic mass is 10.3. The number of methoxy groups -OCH3 is 1. The fraction of sp³-hybridized carbons (Fsp3) is 0.571. The third-order valence-corrected chi connectivity index (χ3v) is 2.07. The van der Waals surface area contributed by atoms with Gasteiger partial charge in [-0.05, 0) is 20.8 Å². The normalized spacial score (nSPS) is 11.6. The lowest BCUT2D eigenvalue weighted by molar-refractivity contribution is -0.303. The molecule has 5 nitrogen and oxygen atoms in total. The molecule has 0 saturated heterocycles. The first-order chi connectivity index (χ1) is 9.90. The van der Waals surface area contributed by atoms with E-state index >= 15 is 0 Å². The zero-order valence-electron chi connectivity index (χ0n) is 13.1. The van der Waals surface area contributed by atoms with E-state index in [1.165, 1.54) is 0 Å². The fourth-order valence-electron chi connectivity index (χ4n) is 0.751. The highest BCUT2D eigenvalue weighted by Crippen LogP contribution is 2.17. The van der Waals surface area contributed by atoms with Crippen LogP contribution in [0.1, 0.15) is 27.2 Å². The molecule has 0 saturated carbocycles. The topological polar surface area (TPSA) is 61.8 Å². The van der Waals surface area contributed by atoms with Gasteiger partial charge >= 0.3 is 18.3 Å². The third-order valence-electron chi connectivity index (χ3n) is 2.07. The molecular formula is C14H21F3O5. The number of esters is 2. The average Bonchev–Trinajstić information content (AvgIpc) is 2.36. The highest BCUT2D eigenvalue weighted by molar-refractivity contribution is 5.87. The summed E-state index contributed by atoms with van der Waals surface area (Å²) in [5.74, 6) is -1.79. The number of alkyl halides is 3. The predicted octanol–water partition coefficient (Wildman–Crippen LogP) is 3.16. The molecule has 0 spiro atoms. The van der Waals surface area contributed by atoms with Crippen LogP contribution in [0, 0.1) is 0 Å². The molecule has 0 radical (unpaired) electrons. The Bertz CT molecular complexity index is 402. The minimum absolute atomic E-state index is 0.128. The van der Waals surface area contributed by atoms with Crippen LogP contribution in [0.15, 0.2) is 24.3 Å². The fourth-order valence-corrected chi connectivity index (χ4v) is 0.751. The number of ether oxygens (including phenoxy) is 3. The van der Waals surface area contributed by atoms with Gasteiger partial charge in [0, 0.05) is 24.7 Å². The predicted molar refractivity (Wildman–Crippen MR) is 73.8 cm³/mol. The van der Waals surface area contributed by atoms with E-state index < -0.39 is 12.3 Å². The summed E-state index contributed by atoms with van der Waals surface area (Å²) in [5, 5.41) is 0. The van der Waals surface area contributed by atoms with Crippen LogP contribution < -0.4 is 0 Å². The first-order valence-electron chi connectivity index (χ1n) is 6.21. The Morgan fingerprint density at radius 2 is 1.55 bits per heavy atom. The smallest absolute Gasteiger partial charge is 0.462 e. The standard InChI is InChI=1S/C9H16O3.C5H5F3O2/c1-7(2)9(10)12-6-5-8(3)11-4;1-3(2)4(9)10-5(6,7)8/h8H,1,5-6H2,2-4H3;1H2,2H3. The summed E-state index contributed by atoms with van der Waals surface area (Å²) in [6, 6.07) is 0. The number of rotatable bonds is 6. The molecule has 0 amide bonds. The second-order valence-corrected chi connectivity index (χ2v) is 4.37. The molecule has 8 heteroatoms. The third kappa shape index (κ3) is 14.6. The Labute approximate surface area is 127 Å². The molecule has 1 atom stereocenters. The van der Waals surface area contributed by atoms with E-state index in [1.807, 2.05) is 6.92 Å². The van der Waals surface area contributed by atoms with Gasteiger partial charge in [0.15, 0.2) is 0 Å². The van der Waals surface area contributed by atoms with E-state index in [0.717, 1.165) is 13.3 Å². The lowest BCUT2D eigenvalue weighted by Crippen LogP contribution is -2.19. The first kappa shape index (κ1) is 22.5. The zero-order chi connectivity index (χ0) is 17.9. The monoisotopic (exact) mass is 326 g/mol. The van der Waals surface area contributed by atoms with Crippen molar-refractivity contribution in [2.75, 3.05) is 13.7 Å². The molecule has 1 unspecified atom stereocenters. The van der Waals surface area contributed by atoms with Gasteiger partial charge in [0.05, 0.1) is 12.7 Å². The molecule has 0 aromatic rings. The number of carbonyl (C=O) groups excluding carboxylic acids is 2. The van der Waals surface area contributed by atoms with Crippen molar-refractivity contribution in [3.05, 3.63) is 24.3 Å². The summed E-state index contributed by atoms with van der Waals surface area (Å²) in [7, 11) is 1.63. The number of hydrogen-bond acceptors (Lipinski definition) is 5. The Morgan fingerprint density at radius 1 is 1.09 bits per heavy atom. The van der Waals surface area contributed by atoms with Crippen molar-refractivity contribution in [2.45, 2.75) is 39.7 Å². The van der Waals surface area contributed by atoms with Gasteiger partial charge in [-0.2, -0.15) is 0 Å². The van der Waals surface area contributed by atoms with Gasteiger partial charge < -0.3 is 14.2 Å². The molecule has 0 N–H and O–H groups in total. The van der Waals surface area contributed by atoms with Crippen molar-refractivity contribution in [3.8, 4) is 0 Å². The molecule has 22 heavy (non-hydrogen) atoms. The molecule has 0 rings (SSSR count). The minimum Gasteiger partial charge on any atom is -0.462 e. The second kappa shape index (κ2) is 10.8. The number of hydrogen-bond donors (Lipinski definition) is 0. The lowest BCUT2D eigenvalue weighted by Gasteiger charge is -2.09. The largest absolute Gasteiger partial charge is 0.575 e. The quantitative estimate of drug-likeness (QED) is 0.554. The van der Waals surface area contributed by atoms with Crippen molar-refractivity contribution in [1.29, 1.82) is 0 Å². The van der Waals surface area contributed by atoms with Crippen molar-refractivity contribution in [3.63, 3.8) is 0 Å². The molecular weight excluding hydrogens is 305 g/mol. The van der Waals surface area contributed by atoms with Crippen LogP contribution in [-0.4, -0.2) is 38.1 Å². The van der Waals surface area contributed by atoms with Crippen LogP contribution in [0.2, 0.25) is 0 Å². The van der Waals surface area contributed by atoms with Crippen LogP contribution in [-0.2, 0) is 23.8 Å². The van der Waals surface area contributed by atoms with Crippen LogP contribution in [0.5, 0.6) is 0 Å². The Kier molecular flexibility index (Phi) is 11.1. The molecule has 0 aromatic heterocycles. The Morgan fingerprint density at radius 3 is 1.82 bits per heavy atom. The highest BCUT2D eigenvalue weighted by Gasteiger charge is 2.33. The maximum atomic E-state index is 11.2. The number of halogens is 3. The molecule has 0 aliphatic heterocycles. The van der Waals surface area contributed by atoms with Crippen molar-refractivity contribution in [1.82, 2.24) is 0 Å². The molecule has 0 aliphatic carbocycles. The molecule has 0 heterocycles. The highest BCUT2D eigenvalue weighted by atomic mass is 19.4. The molecule has 0 aliphatic rings. The van der Waals surface area contributed by atoms with Gasteiger partial charge in [0.1, 0.15) is 0 Å².